The number of anilines is 1. The number of aliphatic carboxylic acids is 1. The third kappa shape index (κ3) is 3.97. The van der Waals surface area contributed by atoms with Gasteiger partial charge in [-0.2, -0.15) is 0 Å². The van der Waals surface area contributed by atoms with E-state index in [1.54, 1.807) is 0 Å². The van der Waals surface area contributed by atoms with E-state index in [4.69, 9.17) is 5.11 Å². The molecule has 0 spiro atoms. The summed E-state index contributed by atoms with van der Waals surface area (Å²) in [4.78, 5) is 15.2. The van der Waals surface area contributed by atoms with Crippen molar-refractivity contribution in [3.05, 3.63) is 29.8 Å². The molecule has 1 aliphatic heterocycles. The summed E-state index contributed by atoms with van der Waals surface area (Å²) < 4.78 is 0. The Morgan fingerprint density at radius 1 is 1.15 bits per heavy atom. The smallest absolute Gasteiger partial charge is 0.304 e. The highest BCUT2D eigenvalue weighted by Crippen LogP contribution is 2.21. The number of hydrogen-bond acceptors (Lipinski definition) is 3. The van der Waals surface area contributed by atoms with Gasteiger partial charge in [-0.25, -0.2) is 0 Å². The van der Waals surface area contributed by atoms with Gasteiger partial charge in [0.25, 0.3) is 0 Å². The predicted octanol–water partition coefficient (Wildman–Crippen LogP) is 2.41. The SMILES string of the molecule is CC(C)c1ccc(N2CCN(CCC(=O)O)CC2)cc1. The first-order chi connectivity index (χ1) is 9.56. The Kier molecular flexibility index (Phi) is 5.01. The van der Waals surface area contributed by atoms with Crippen molar-refractivity contribution in [1.82, 2.24) is 4.90 Å². The minimum atomic E-state index is -0.711. The lowest BCUT2D eigenvalue weighted by atomic mass is 10.0. The molecule has 0 unspecified atom stereocenters. The summed E-state index contributed by atoms with van der Waals surface area (Å²) in [5, 5.41) is 8.71. The van der Waals surface area contributed by atoms with Crippen LogP contribution in [0.4, 0.5) is 5.69 Å². The Balaban J connectivity index is 1.85. The maximum absolute atomic E-state index is 10.6. The first-order valence-corrected chi connectivity index (χ1v) is 7.35. The molecule has 0 saturated carbocycles. The van der Waals surface area contributed by atoms with Gasteiger partial charge in [-0.3, -0.25) is 9.69 Å². The molecule has 1 fully saturated rings. The van der Waals surface area contributed by atoms with E-state index in [0.29, 0.717) is 12.5 Å². The molecular weight excluding hydrogens is 252 g/mol. The van der Waals surface area contributed by atoms with Crippen LogP contribution in [0.5, 0.6) is 0 Å². The fourth-order valence-corrected chi connectivity index (χ4v) is 2.55. The lowest BCUT2D eigenvalue weighted by Crippen LogP contribution is -2.46. The van der Waals surface area contributed by atoms with E-state index in [9.17, 15) is 4.79 Å². The van der Waals surface area contributed by atoms with Gasteiger partial charge in [0, 0.05) is 38.4 Å². The minimum absolute atomic E-state index is 0.239. The summed E-state index contributed by atoms with van der Waals surface area (Å²) in [6, 6.07) is 8.80. The van der Waals surface area contributed by atoms with Gasteiger partial charge in [0.15, 0.2) is 0 Å². The van der Waals surface area contributed by atoms with Gasteiger partial charge in [0.1, 0.15) is 0 Å². The second-order valence-electron chi connectivity index (χ2n) is 5.72. The van der Waals surface area contributed by atoms with Crippen molar-refractivity contribution in [3.63, 3.8) is 0 Å². The van der Waals surface area contributed by atoms with Gasteiger partial charge in [0.05, 0.1) is 6.42 Å². The summed E-state index contributed by atoms with van der Waals surface area (Å²) in [6.45, 7) is 8.90. The van der Waals surface area contributed by atoms with Crippen LogP contribution in [0.1, 0.15) is 31.7 Å². The van der Waals surface area contributed by atoms with Crippen molar-refractivity contribution in [2.75, 3.05) is 37.6 Å². The van der Waals surface area contributed by atoms with Gasteiger partial charge in [-0.1, -0.05) is 26.0 Å². The molecule has 1 aromatic carbocycles. The molecule has 1 heterocycles. The van der Waals surface area contributed by atoms with E-state index in [2.05, 4.69) is 47.9 Å². The minimum Gasteiger partial charge on any atom is -0.481 e. The van der Waals surface area contributed by atoms with E-state index in [1.165, 1.54) is 11.3 Å². The number of benzene rings is 1. The van der Waals surface area contributed by atoms with Crippen LogP contribution in [-0.2, 0) is 4.79 Å². The monoisotopic (exact) mass is 276 g/mol. The van der Waals surface area contributed by atoms with Gasteiger partial charge >= 0.3 is 5.97 Å². The molecule has 1 saturated heterocycles. The van der Waals surface area contributed by atoms with Crippen molar-refractivity contribution in [2.45, 2.75) is 26.2 Å². The molecule has 0 aliphatic carbocycles. The van der Waals surface area contributed by atoms with E-state index >= 15 is 0 Å². The molecule has 0 amide bonds. The zero-order chi connectivity index (χ0) is 14.5. The van der Waals surface area contributed by atoms with Gasteiger partial charge < -0.3 is 10.0 Å². The molecule has 1 aromatic rings. The number of carboxylic acid groups (broad SMARTS) is 1. The van der Waals surface area contributed by atoms with E-state index < -0.39 is 5.97 Å². The molecule has 0 aromatic heterocycles. The quantitative estimate of drug-likeness (QED) is 0.897. The Labute approximate surface area is 121 Å². The van der Waals surface area contributed by atoms with Crippen LogP contribution in [0.2, 0.25) is 0 Å². The largest absolute Gasteiger partial charge is 0.481 e. The summed E-state index contributed by atoms with van der Waals surface area (Å²) in [5.74, 6) is -0.145. The fourth-order valence-electron chi connectivity index (χ4n) is 2.55. The van der Waals surface area contributed by atoms with Crippen LogP contribution in [0, 0.1) is 0 Å². The van der Waals surface area contributed by atoms with Gasteiger partial charge in [-0.15, -0.1) is 0 Å². The topological polar surface area (TPSA) is 43.8 Å². The number of hydrogen-bond donors (Lipinski definition) is 1. The molecule has 0 radical (unpaired) electrons. The first kappa shape index (κ1) is 14.9. The Morgan fingerprint density at radius 3 is 2.25 bits per heavy atom. The summed E-state index contributed by atoms with van der Waals surface area (Å²) in [6.07, 6.45) is 0.239. The number of nitrogens with zero attached hydrogens (tertiary/aromatic N) is 2. The Morgan fingerprint density at radius 2 is 1.75 bits per heavy atom. The standard InChI is InChI=1S/C16H24N2O2/c1-13(2)14-3-5-15(6-4-14)18-11-9-17(10-12-18)8-7-16(19)20/h3-6,13H,7-12H2,1-2H3,(H,19,20). The number of rotatable bonds is 5. The Hall–Kier alpha value is -1.55. The predicted molar refractivity (Wildman–Crippen MR) is 81.4 cm³/mol. The zero-order valence-electron chi connectivity index (χ0n) is 12.4. The van der Waals surface area contributed by atoms with Crippen molar-refractivity contribution >= 4 is 11.7 Å². The lowest BCUT2D eigenvalue weighted by Gasteiger charge is -2.36. The second-order valence-corrected chi connectivity index (χ2v) is 5.72. The average Bonchev–Trinajstić information content (AvgIpc) is 2.46. The maximum Gasteiger partial charge on any atom is 0.304 e. The van der Waals surface area contributed by atoms with Crippen LogP contribution in [0.15, 0.2) is 24.3 Å². The highest BCUT2D eigenvalue weighted by atomic mass is 16.4. The molecule has 1 N–H and O–H groups in total. The summed E-state index contributed by atoms with van der Waals surface area (Å²) >= 11 is 0. The number of carboxylic acids is 1. The van der Waals surface area contributed by atoms with E-state index in [1.807, 2.05) is 0 Å². The fraction of sp³-hybridized carbons (Fsp3) is 0.562. The maximum atomic E-state index is 10.6. The third-order valence-corrected chi connectivity index (χ3v) is 3.94. The molecule has 110 valence electrons. The summed E-state index contributed by atoms with van der Waals surface area (Å²) in [5.41, 5.74) is 2.64. The molecule has 0 atom stereocenters. The van der Waals surface area contributed by atoms with Crippen LogP contribution in [0.3, 0.4) is 0 Å². The highest BCUT2D eigenvalue weighted by molar-refractivity contribution is 5.66. The van der Waals surface area contributed by atoms with Crippen LogP contribution >= 0.6 is 0 Å². The lowest BCUT2D eigenvalue weighted by molar-refractivity contribution is -0.137. The molecule has 20 heavy (non-hydrogen) atoms. The van der Waals surface area contributed by atoms with Crippen molar-refractivity contribution in [3.8, 4) is 0 Å². The normalized spacial score (nSPS) is 16.6. The van der Waals surface area contributed by atoms with Crippen molar-refractivity contribution in [1.29, 1.82) is 0 Å². The van der Waals surface area contributed by atoms with Crippen molar-refractivity contribution < 1.29 is 9.90 Å². The van der Waals surface area contributed by atoms with E-state index in [0.717, 1.165) is 26.2 Å². The number of carbonyl (C=O) groups is 1. The molecule has 4 heteroatoms. The van der Waals surface area contributed by atoms with Crippen molar-refractivity contribution in [2.24, 2.45) is 0 Å². The van der Waals surface area contributed by atoms with Gasteiger partial charge in [0.2, 0.25) is 0 Å². The van der Waals surface area contributed by atoms with Gasteiger partial charge in [-0.05, 0) is 23.6 Å². The average molecular weight is 276 g/mol. The molecular formula is C16H24N2O2. The second kappa shape index (κ2) is 6.75. The highest BCUT2D eigenvalue weighted by Gasteiger charge is 2.17. The number of piperazine rings is 1. The Bertz CT molecular complexity index is 434. The molecule has 2 rings (SSSR count). The zero-order valence-corrected chi connectivity index (χ0v) is 12.4. The van der Waals surface area contributed by atoms with Crippen LogP contribution < -0.4 is 4.90 Å². The third-order valence-electron chi connectivity index (χ3n) is 3.94. The molecule has 4 nitrogen and oxygen atoms in total. The molecule has 0 bridgehead atoms. The summed E-state index contributed by atoms with van der Waals surface area (Å²) in [7, 11) is 0. The van der Waals surface area contributed by atoms with E-state index in [-0.39, 0.29) is 6.42 Å². The first-order valence-electron chi connectivity index (χ1n) is 7.35. The van der Waals surface area contributed by atoms with Crippen LogP contribution in [0.25, 0.3) is 0 Å². The molecule has 1 aliphatic rings. The van der Waals surface area contributed by atoms with Crippen LogP contribution in [-0.4, -0.2) is 48.7 Å².